The number of hydrogen-bond donors (Lipinski definition) is 1. The van der Waals surface area contributed by atoms with E-state index in [-0.39, 0.29) is 5.91 Å². The van der Waals surface area contributed by atoms with Crippen LogP contribution in [0.25, 0.3) is 0 Å². The number of hydrogen-bond acceptors (Lipinski definition) is 4. The van der Waals surface area contributed by atoms with E-state index in [9.17, 15) is 4.79 Å². The number of aryl methyl sites for hydroxylation is 1. The molecule has 1 heterocycles. The molecule has 0 radical (unpaired) electrons. The maximum absolute atomic E-state index is 12.4. The predicted molar refractivity (Wildman–Crippen MR) is 104 cm³/mol. The molecule has 3 aromatic rings. The Bertz CT molecular complexity index is 917. The smallest absolute Gasteiger partial charge is 0.229 e. The van der Waals surface area contributed by atoms with Crippen molar-refractivity contribution in [2.24, 2.45) is 0 Å². The van der Waals surface area contributed by atoms with E-state index in [4.69, 9.17) is 9.47 Å². The highest BCUT2D eigenvalue weighted by atomic mass is 16.5. The van der Waals surface area contributed by atoms with Crippen LogP contribution in [0.4, 0.5) is 5.82 Å². The van der Waals surface area contributed by atoms with Crippen molar-refractivity contribution in [1.29, 1.82) is 0 Å². The fourth-order valence-corrected chi connectivity index (χ4v) is 2.88. The van der Waals surface area contributed by atoms with Crippen molar-refractivity contribution in [2.75, 3.05) is 19.5 Å². The zero-order valence-corrected chi connectivity index (χ0v) is 15.7. The van der Waals surface area contributed by atoms with Crippen molar-refractivity contribution >= 4 is 11.7 Å². The standard InChI is InChI=1S/C21H23N3O3/c1-15-7-9-16(10-8-15)13-20(25)23-19-11-12-22-24(19)14-17-5-4-6-18(26-2)21(17)27-3/h4-12H,13-14H2,1-3H3,(H,23,25). The van der Waals surface area contributed by atoms with Crippen LogP contribution in [0.2, 0.25) is 0 Å². The molecule has 0 bridgehead atoms. The zero-order chi connectivity index (χ0) is 19.2. The van der Waals surface area contributed by atoms with Gasteiger partial charge in [0.15, 0.2) is 11.5 Å². The Morgan fingerprint density at radius 2 is 1.85 bits per heavy atom. The molecule has 140 valence electrons. The maximum atomic E-state index is 12.4. The number of para-hydroxylation sites is 1. The molecular weight excluding hydrogens is 342 g/mol. The second-order valence-corrected chi connectivity index (χ2v) is 6.24. The number of carbonyl (C=O) groups is 1. The lowest BCUT2D eigenvalue weighted by molar-refractivity contribution is -0.115. The maximum Gasteiger partial charge on any atom is 0.229 e. The van der Waals surface area contributed by atoms with Crippen LogP contribution in [0.1, 0.15) is 16.7 Å². The number of nitrogens with zero attached hydrogens (tertiary/aromatic N) is 2. The van der Waals surface area contributed by atoms with Crippen molar-refractivity contribution in [1.82, 2.24) is 9.78 Å². The number of carbonyl (C=O) groups excluding carboxylic acids is 1. The molecule has 6 nitrogen and oxygen atoms in total. The van der Waals surface area contributed by atoms with Crippen LogP contribution in [0.5, 0.6) is 11.5 Å². The molecule has 0 spiro atoms. The van der Waals surface area contributed by atoms with Gasteiger partial charge >= 0.3 is 0 Å². The molecule has 0 saturated carbocycles. The zero-order valence-electron chi connectivity index (χ0n) is 15.7. The molecule has 0 atom stereocenters. The quantitative estimate of drug-likeness (QED) is 0.697. The van der Waals surface area contributed by atoms with E-state index in [1.165, 1.54) is 5.56 Å². The van der Waals surface area contributed by atoms with E-state index in [1.807, 2.05) is 49.4 Å². The monoisotopic (exact) mass is 365 g/mol. The molecule has 1 aromatic heterocycles. The Morgan fingerprint density at radius 3 is 2.56 bits per heavy atom. The Hall–Kier alpha value is -3.28. The first-order chi connectivity index (χ1) is 13.1. The third kappa shape index (κ3) is 4.47. The number of ether oxygens (including phenoxy) is 2. The molecule has 1 amide bonds. The summed E-state index contributed by atoms with van der Waals surface area (Å²) in [4.78, 5) is 12.4. The van der Waals surface area contributed by atoms with Gasteiger partial charge in [-0.05, 0) is 18.6 Å². The van der Waals surface area contributed by atoms with Crippen LogP contribution in [0, 0.1) is 6.92 Å². The van der Waals surface area contributed by atoms with Gasteiger partial charge in [0.1, 0.15) is 5.82 Å². The van der Waals surface area contributed by atoms with Gasteiger partial charge in [0.25, 0.3) is 0 Å². The summed E-state index contributed by atoms with van der Waals surface area (Å²) in [7, 11) is 3.21. The average molecular weight is 365 g/mol. The largest absolute Gasteiger partial charge is 0.493 e. The van der Waals surface area contributed by atoms with Crippen LogP contribution >= 0.6 is 0 Å². The number of methoxy groups -OCH3 is 2. The summed E-state index contributed by atoms with van der Waals surface area (Å²) in [6.07, 6.45) is 1.97. The van der Waals surface area contributed by atoms with Crippen molar-refractivity contribution in [2.45, 2.75) is 19.9 Å². The first kappa shape index (κ1) is 18.5. The molecule has 0 aliphatic heterocycles. The number of nitrogens with one attached hydrogen (secondary N) is 1. The van der Waals surface area contributed by atoms with Crippen LogP contribution in [-0.2, 0) is 17.8 Å². The highest BCUT2D eigenvalue weighted by Crippen LogP contribution is 2.31. The third-order valence-electron chi connectivity index (χ3n) is 4.27. The van der Waals surface area contributed by atoms with Gasteiger partial charge in [-0.15, -0.1) is 0 Å². The van der Waals surface area contributed by atoms with Crippen LogP contribution in [0.15, 0.2) is 54.7 Å². The molecular formula is C21H23N3O3. The predicted octanol–water partition coefficient (Wildman–Crippen LogP) is 3.44. The Labute approximate surface area is 158 Å². The van der Waals surface area contributed by atoms with Crippen molar-refractivity contribution in [3.8, 4) is 11.5 Å². The van der Waals surface area contributed by atoms with E-state index in [2.05, 4.69) is 10.4 Å². The molecule has 27 heavy (non-hydrogen) atoms. The molecule has 3 rings (SSSR count). The number of benzene rings is 2. The van der Waals surface area contributed by atoms with Gasteiger partial charge in [-0.25, -0.2) is 4.68 Å². The molecule has 0 aliphatic rings. The second kappa shape index (κ2) is 8.40. The van der Waals surface area contributed by atoms with E-state index >= 15 is 0 Å². The average Bonchev–Trinajstić information content (AvgIpc) is 3.09. The SMILES string of the molecule is COc1cccc(Cn2nccc2NC(=O)Cc2ccc(C)cc2)c1OC. The van der Waals surface area contributed by atoms with Gasteiger partial charge in [-0.1, -0.05) is 42.0 Å². The van der Waals surface area contributed by atoms with Crippen molar-refractivity contribution in [3.63, 3.8) is 0 Å². The Morgan fingerprint density at radius 1 is 1.07 bits per heavy atom. The van der Waals surface area contributed by atoms with Crippen LogP contribution in [-0.4, -0.2) is 29.9 Å². The van der Waals surface area contributed by atoms with Gasteiger partial charge in [0.05, 0.1) is 33.4 Å². The number of rotatable bonds is 7. The second-order valence-electron chi connectivity index (χ2n) is 6.24. The normalized spacial score (nSPS) is 10.5. The lowest BCUT2D eigenvalue weighted by atomic mass is 10.1. The lowest BCUT2D eigenvalue weighted by Crippen LogP contribution is -2.18. The minimum Gasteiger partial charge on any atom is -0.493 e. The number of aromatic nitrogens is 2. The fraction of sp³-hybridized carbons (Fsp3) is 0.238. The minimum absolute atomic E-state index is 0.0850. The summed E-state index contributed by atoms with van der Waals surface area (Å²) in [6.45, 7) is 2.47. The molecule has 6 heteroatoms. The summed E-state index contributed by atoms with van der Waals surface area (Å²) < 4.78 is 12.5. The summed E-state index contributed by atoms with van der Waals surface area (Å²) in [5.41, 5.74) is 3.05. The summed E-state index contributed by atoms with van der Waals surface area (Å²) in [6, 6.07) is 15.4. The Kier molecular flexibility index (Phi) is 5.76. The highest BCUT2D eigenvalue weighted by Gasteiger charge is 2.13. The summed E-state index contributed by atoms with van der Waals surface area (Å²) in [5.74, 6) is 1.87. The minimum atomic E-state index is -0.0850. The van der Waals surface area contributed by atoms with Gasteiger partial charge < -0.3 is 14.8 Å². The highest BCUT2D eigenvalue weighted by molar-refractivity contribution is 5.91. The van der Waals surface area contributed by atoms with Crippen LogP contribution in [0.3, 0.4) is 0 Å². The Balaban J connectivity index is 1.73. The molecule has 1 N–H and O–H groups in total. The van der Waals surface area contributed by atoms with E-state index < -0.39 is 0 Å². The molecule has 0 saturated heterocycles. The van der Waals surface area contributed by atoms with E-state index in [0.29, 0.717) is 30.3 Å². The van der Waals surface area contributed by atoms with Crippen molar-refractivity contribution in [3.05, 3.63) is 71.4 Å². The number of anilines is 1. The molecule has 0 fully saturated rings. The molecule has 0 aliphatic carbocycles. The van der Waals surface area contributed by atoms with Crippen LogP contribution < -0.4 is 14.8 Å². The first-order valence-corrected chi connectivity index (χ1v) is 8.67. The fourth-order valence-electron chi connectivity index (χ4n) is 2.88. The van der Waals surface area contributed by atoms with Gasteiger partial charge in [-0.3, -0.25) is 4.79 Å². The van der Waals surface area contributed by atoms with E-state index in [0.717, 1.165) is 11.1 Å². The van der Waals surface area contributed by atoms with Gasteiger partial charge in [-0.2, -0.15) is 5.10 Å². The van der Waals surface area contributed by atoms with E-state index in [1.54, 1.807) is 31.2 Å². The van der Waals surface area contributed by atoms with Gasteiger partial charge in [0, 0.05) is 11.6 Å². The number of amides is 1. The molecule has 0 unspecified atom stereocenters. The topological polar surface area (TPSA) is 65.4 Å². The third-order valence-corrected chi connectivity index (χ3v) is 4.27. The van der Waals surface area contributed by atoms with Gasteiger partial charge in [0.2, 0.25) is 5.91 Å². The molecule has 2 aromatic carbocycles. The summed E-state index contributed by atoms with van der Waals surface area (Å²) >= 11 is 0. The first-order valence-electron chi connectivity index (χ1n) is 8.67. The lowest BCUT2D eigenvalue weighted by Gasteiger charge is -2.14. The summed E-state index contributed by atoms with van der Waals surface area (Å²) in [5, 5.41) is 7.25. The van der Waals surface area contributed by atoms with Crippen molar-refractivity contribution < 1.29 is 14.3 Å².